The maximum atomic E-state index is 13.9. The number of allylic oxidation sites excluding steroid dienone is 1. The highest BCUT2D eigenvalue weighted by Gasteiger charge is 2.41. The molecule has 2 aliphatic carbocycles. The van der Waals surface area contributed by atoms with Crippen molar-refractivity contribution in [2.45, 2.75) is 75.4 Å². The Morgan fingerprint density at radius 2 is 1.90 bits per heavy atom. The van der Waals surface area contributed by atoms with Gasteiger partial charge in [0.1, 0.15) is 17.0 Å². The summed E-state index contributed by atoms with van der Waals surface area (Å²) in [5, 5.41) is 9.91. The second kappa shape index (κ2) is 11.2. The number of aromatic nitrogens is 2. The summed E-state index contributed by atoms with van der Waals surface area (Å²) in [7, 11) is -3.91. The zero-order chi connectivity index (χ0) is 29.6. The third-order valence-electron chi connectivity index (χ3n) is 8.90. The fourth-order valence-corrected chi connectivity index (χ4v) is 9.50. The summed E-state index contributed by atoms with van der Waals surface area (Å²) >= 11 is 1.02. The molecule has 0 radical (unpaired) electrons. The van der Waals surface area contributed by atoms with Crippen molar-refractivity contribution in [2.24, 2.45) is 11.8 Å². The molecule has 6 rings (SSSR count). The van der Waals surface area contributed by atoms with E-state index in [0.717, 1.165) is 48.1 Å². The molecule has 1 N–H and O–H groups in total. The number of hydrogen-bond acceptors (Lipinski definition) is 7. The van der Waals surface area contributed by atoms with Gasteiger partial charge in [-0.15, -0.1) is 11.3 Å². The summed E-state index contributed by atoms with van der Waals surface area (Å²) in [6, 6.07) is 6.71. The van der Waals surface area contributed by atoms with Crippen LogP contribution in [-0.4, -0.2) is 43.7 Å². The van der Waals surface area contributed by atoms with E-state index >= 15 is 0 Å². The van der Waals surface area contributed by atoms with E-state index in [0.29, 0.717) is 52.6 Å². The molecule has 3 heterocycles. The number of sulfonamides is 1. The molecule has 7 nitrogen and oxygen atoms in total. The standard InChI is InChI=1S/C30H32F3N5O2S2/c1-18-23-11-19(14-34)10-21(23)8-9-27(18)42(39,40)37-26-16-38(15-25(26)20-6-4-2-3-5-7-20)28-24-12-22(13-30(31,32)33)41-29(24)36-17-35-28/h8-9,11-12,17,20,25-26,37H,2-7,10,13,15-16H2,1H3. The fourth-order valence-electron chi connectivity index (χ4n) is 6.95. The molecule has 42 heavy (non-hydrogen) atoms. The Balaban J connectivity index is 1.32. The Kier molecular flexibility index (Phi) is 7.79. The van der Waals surface area contributed by atoms with Gasteiger partial charge >= 0.3 is 6.18 Å². The maximum absolute atomic E-state index is 13.9. The van der Waals surface area contributed by atoms with Gasteiger partial charge in [-0.2, -0.15) is 18.4 Å². The van der Waals surface area contributed by atoms with Crippen molar-refractivity contribution in [2.75, 3.05) is 18.0 Å². The van der Waals surface area contributed by atoms with Crippen LogP contribution < -0.4 is 9.62 Å². The molecular weight excluding hydrogens is 583 g/mol. The lowest BCUT2D eigenvalue weighted by atomic mass is 9.83. The first-order valence-electron chi connectivity index (χ1n) is 14.3. The van der Waals surface area contributed by atoms with Crippen LogP contribution in [-0.2, 0) is 22.9 Å². The van der Waals surface area contributed by atoms with Gasteiger partial charge in [0.05, 0.1) is 22.8 Å². The number of fused-ring (bicyclic) bond motifs is 2. The summed E-state index contributed by atoms with van der Waals surface area (Å²) in [5.74, 6) is 0.900. The minimum Gasteiger partial charge on any atom is -0.354 e. The van der Waals surface area contributed by atoms with Crippen molar-refractivity contribution in [3.8, 4) is 6.07 Å². The van der Waals surface area contributed by atoms with E-state index in [1.807, 2.05) is 4.90 Å². The quantitative estimate of drug-likeness (QED) is 0.326. The van der Waals surface area contributed by atoms with E-state index in [4.69, 9.17) is 0 Å². The molecule has 0 bridgehead atoms. The lowest BCUT2D eigenvalue weighted by Crippen LogP contribution is -2.43. The third kappa shape index (κ3) is 5.79. The first-order valence-corrected chi connectivity index (χ1v) is 16.6. The number of thiophene rings is 1. The molecule has 3 aliphatic rings. The monoisotopic (exact) mass is 615 g/mol. The minimum atomic E-state index is -4.32. The van der Waals surface area contributed by atoms with Gasteiger partial charge in [-0.3, -0.25) is 0 Å². The Bertz CT molecular complexity index is 1690. The highest BCUT2D eigenvalue weighted by Crippen LogP contribution is 2.40. The lowest BCUT2D eigenvalue weighted by Gasteiger charge is -2.27. The predicted octanol–water partition coefficient (Wildman–Crippen LogP) is 6.32. The van der Waals surface area contributed by atoms with E-state index in [-0.39, 0.29) is 15.7 Å². The Morgan fingerprint density at radius 1 is 1.14 bits per heavy atom. The van der Waals surface area contributed by atoms with Gasteiger partial charge < -0.3 is 4.90 Å². The van der Waals surface area contributed by atoms with Crippen molar-refractivity contribution < 1.29 is 21.6 Å². The summed E-state index contributed by atoms with van der Waals surface area (Å²) in [6.45, 7) is 2.70. The number of nitrogens with zero attached hydrogens (tertiary/aromatic N) is 4. The van der Waals surface area contributed by atoms with Gasteiger partial charge in [0.2, 0.25) is 10.0 Å². The summed E-state index contributed by atoms with van der Waals surface area (Å²) in [4.78, 5) is 11.6. The molecule has 1 aromatic carbocycles. The molecule has 1 saturated carbocycles. The topological polar surface area (TPSA) is 99.0 Å². The van der Waals surface area contributed by atoms with Gasteiger partial charge in [-0.25, -0.2) is 23.1 Å². The average molecular weight is 616 g/mol. The van der Waals surface area contributed by atoms with Gasteiger partial charge in [0.15, 0.2) is 0 Å². The van der Waals surface area contributed by atoms with Crippen molar-refractivity contribution in [3.05, 3.63) is 51.7 Å². The molecule has 1 aliphatic heterocycles. The van der Waals surface area contributed by atoms with E-state index < -0.39 is 28.7 Å². The molecule has 0 spiro atoms. The molecular formula is C30H32F3N5O2S2. The van der Waals surface area contributed by atoms with Crippen molar-refractivity contribution in [3.63, 3.8) is 0 Å². The maximum Gasteiger partial charge on any atom is 0.393 e. The molecule has 2 aromatic heterocycles. The lowest BCUT2D eigenvalue weighted by molar-refractivity contribution is -0.126. The molecule has 2 fully saturated rings. The average Bonchev–Trinajstić information content (AvgIpc) is 3.59. The van der Waals surface area contributed by atoms with E-state index in [2.05, 4.69) is 20.8 Å². The number of halogens is 3. The zero-order valence-electron chi connectivity index (χ0n) is 23.2. The highest BCUT2D eigenvalue weighted by atomic mass is 32.2. The van der Waals surface area contributed by atoms with Crippen LogP contribution in [0.3, 0.4) is 0 Å². The van der Waals surface area contributed by atoms with Crippen LogP contribution in [0, 0.1) is 30.1 Å². The zero-order valence-corrected chi connectivity index (χ0v) is 24.9. The fraction of sp³-hybridized carbons (Fsp3) is 0.500. The van der Waals surface area contributed by atoms with Crippen LogP contribution in [0.1, 0.15) is 60.1 Å². The Hall–Kier alpha value is -3.01. The second-order valence-corrected chi connectivity index (χ2v) is 14.5. The number of alkyl halides is 3. The van der Waals surface area contributed by atoms with E-state index in [1.54, 1.807) is 25.1 Å². The number of hydrogen-bond donors (Lipinski definition) is 1. The van der Waals surface area contributed by atoms with Gasteiger partial charge in [0, 0.05) is 36.0 Å². The molecule has 2 atom stereocenters. The molecule has 2 unspecified atom stereocenters. The van der Waals surface area contributed by atoms with Crippen LogP contribution in [0.25, 0.3) is 16.3 Å². The number of benzene rings is 1. The largest absolute Gasteiger partial charge is 0.393 e. The normalized spacial score (nSPS) is 21.8. The molecule has 0 amide bonds. The first kappa shape index (κ1) is 29.1. The second-order valence-electron chi connectivity index (χ2n) is 11.7. The molecule has 3 aromatic rings. The molecule has 222 valence electrons. The predicted molar refractivity (Wildman–Crippen MR) is 157 cm³/mol. The Morgan fingerprint density at radius 3 is 2.62 bits per heavy atom. The SMILES string of the molecule is Cc1c(S(=O)(=O)NC2CN(c3ncnc4sc(CC(F)(F)F)cc34)CC2C2CCCCCC2)ccc2c1C=C(C#N)C2. The number of nitrogens with one attached hydrogen (secondary N) is 1. The van der Waals surface area contributed by atoms with Crippen molar-refractivity contribution >= 4 is 43.5 Å². The van der Waals surface area contributed by atoms with Gasteiger partial charge in [-0.05, 0) is 53.7 Å². The van der Waals surface area contributed by atoms with Crippen LogP contribution in [0.5, 0.6) is 0 Å². The molecule has 12 heteroatoms. The summed E-state index contributed by atoms with van der Waals surface area (Å²) in [5.41, 5.74) is 2.97. The minimum absolute atomic E-state index is 0.0241. The van der Waals surface area contributed by atoms with Crippen molar-refractivity contribution in [1.29, 1.82) is 5.26 Å². The van der Waals surface area contributed by atoms with E-state index in [9.17, 15) is 26.9 Å². The smallest absolute Gasteiger partial charge is 0.354 e. The van der Waals surface area contributed by atoms with Gasteiger partial charge in [-0.1, -0.05) is 44.6 Å². The number of rotatable bonds is 6. The number of nitriles is 1. The first-order chi connectivity index (χ1) is 20.0. The van der Waals surface area contributed by atoms with Crippen LogP contribution in [0.15, 0.2) is 35.0 Å². The highest BCUT2D eigenvalue weighted by molar-refractivity contribution is 7.89. The van der Waals surface area contributed by atoms with Crippen molar-refractivity contribution in [1.82, 2.24) is 14.7 Å². The van der Waals surface area contributed by atoms with Crippen LogP contribution in [0.4, 0.5) is 19.0 Å². The summed E-state index contributed by atoms with van der Waals surface area (Å²) < 4.78 is 70.2. The summed E-state index contributed by atoms with van der Waals surface area (Å²) in [6.07, 6.45) is 4.87. The van der Waals surface area contributed by atoms with E-state index in [1.165, 1.54) is 25.2 Å². The van der Waals surface area contributed by atoms with Crippen LogP contribution in [0.2, 0.25) is 0 Å². The molecule has 1 saturated heterocycles. The third-order valence-corrected chi connectivity index (χ3v) is 11.6. The van der Waals surface area contributed by atoms with Crippen LogP contribution >= 0.6 is 11.3 Å². The van der Waals surface area contributed by atoms with Gasteiger partial charge in [0.25, 0.3) is 0 Å². The number of anilines is 1. The Labute approximate surface area is 247 Å².